The molecule has 0 N–H and O–H groups in total. The Labute approximate surface area is 97.2 Å². The third kappa shape index (κ3) is 1.22. The molecule has 0 bridgehead atoms. The van der Waals surface area contributed by atoms with Crippen LogP contribution in [0.1, 0.15) is 45.6 Å². The van der Waals surface area contributed by atoms with E-state index in [9.17, 15) is 5.21 Å². The Morgan fingerprint density at radius 3 is 2.31 bits per heavy atom. The predicted octanol–water partition coefficient (Wildman–Crippen LogP) is 3.75. The second-order valence-corrected chi connectivity index (χ2v) is 4.40. The first-order valence-electron chi connectivity index (χ1n) is 6.14. The van der Waals surface area contributed by atoms with Crippen LogP contribution in [0.5, 0.6) is 0 Å². The third-order valence-electron chi connectivity index (χ3n) is 3.98. The number of benzene rings is 1. The minimum absolute atomic E-state index is 0.0207. The van der Waals surface area contributed by atoms with Crippen molar-refractivity contribution in [3.05, 3.63) is 35.0 Å². The van der Waals surface area contributed by atoms with Crippen molar-refractivity contribution in [1.29, 1.82) is 0 Å². The average Bonchev–Trinajstić information content (AvgIpc) is 2.59. The van der Waals surface area contributed by atoms with Gasteiger partial charge in [-0.2, -0.15) is 4.74 Å². The predicted molar refractivity (Wildman–Crippen MR) is 67.3 cm³/mol. The van der Waals surface area contributed by atoms with Gasteiger partial charge >= 0.3 is 0 Å². The van der Waals surface area contributed by atoms with Crippen LogP contribution in [0.25, 0.3) is 0 Å². The number of para-hydroxylation sites is 1. The molecule has 1 aliphatic heterocycles. The maximum absolute atomic E-state index is 12.2. The molecule has 2 nitrogen and oxygen atoms in total. The van der Waals surface area contributed by atoms with Gasteiger partial charge in [0, 0.05) is 18.1 Å². The van der Waals surface area contributed by atoms with Gasteiger partial charge in [-0.3, -0.25) is 0 Å². The van der Waals surface area contributed by atoms with Crippen molar-refractivity contribution in [2.45, 2.75) is 45.4 Å². The molecule has 16 heavy (non-hydrogen) atoms. The van der Waals surface area contributed by atoms with E-state index in [0.717, 1.165) is 35.4 Å². The highest BCUT2D eigenvalue weighted by atomic mass is 16.5. The topological polar surface area (TPSA) is 26.1 Å². The van der Waals surface area contributed by atoms with E-state index >= 15 is 0 Å². The number of nitrogens with zero attached hydrogens (tertiary/aromatic N) is 1. The summed E-state index contributed by atoms with van der Waals surface area (Å²) in [6, 6.07) is 8.02. The van der Waals surface area contributed by atoms with E-state index in [4.69, 9.17) is 0 Å². The van der Waals surface area contributed by atoms with Crippen LogP contribution in [-0.4, -0.2) is 10.5 Å². The van der Waals surface area contributed by atoms with E-state index in [2.05, 4.69) is 26.8 Å². The van der Waals surface area contributed by atoms with E-state index in [1.807, 2.05) is 18.2 Å². The molecule has 0 unspecified atom stereocenters. The fourth-order valence-electron chi connectivity index (χ4n) is 3.07. The second kappa shape index (κ2) is 3.93. The first-order chi connectivity index (χ1) is 7.71. The normalized spacial score (nSPS) is 17.7. The lowest BCUT2D eigenvalue weighted by Crippen LogP contribution is -2.33. The lowest BCUT2D eigenvalue weighted by atomic mass is 9.72. The highest BCUT2D eigenvalue weighted by Gasteiger charge is 2.47. The van der Waals surface area contributed by atoms with Gasteiger partial charge in [0.1, 0.15) is 0 Å². The molecule has 0 fully saturated rings. The van der Waals surface area contributed by atoms with E-state index in [0.29, 0.717) is 0 Å². The first-order valence-corrected chi connectivity index (χ1v) is 6.14. The molecule has 86 valence electrons. The number of hydrogen-bond acceptors (Lipinski definition) is 1. The summed E-state index contributed by atoms with van der Waals surface area (Å²) in [6.45, 7) is 6.43. The zero-order valence-electron chi connectivity index (χ0n) is 10.3. The van der Waals surface area contributed by atoms with Gasteiger partial charge < -0.3 is 5.21 Å². The summed E-state index contributed by atoms with van der Waals surface area (Å²) in [4.78, 5) is 0. The molecule has 1 aromatic rings. The minimum atomic E-state index is -0.0207. The summed E-state index contributed by atoms with van der Waals surface area (Å²) < 4.78 is 1.16. The van der Waals surface area contributed by atoms with Crippen molar-refractivity contribution in [2.75, 3.05) is 0 Å². The fraction of sp³-hybridized carbons (Fsp3) is 0.500. The summed E-state index contributed by atoms with van der Waals surface area (Å²) in [5.74, 6) is 0. The summed E-state index contributed by atoms with van der Waals surface area (Å²) >= 11 is 0. The molecule has 0 aliphatic carbocycles. The van der Waals surface area contributed by atoms with Crippen molar-refractivity contribution < 1.29 is 4.74 Å². The maximum atomic E-state index is 12.2. The van der Waals surface area contributed by atoms with E-state index in [-0.39, 0.29) is 5.41 Å². The largest absolute Gasteiger partial charge is 0.618 e. The molecule has 2 rings (SSSR count). The zero-order chi connectivity index (χ0) is 11.8. The van der Waals surface area contributed by atoms with E-state index < -0.39 is 0 Å². The molecular weight excluding hydrogens is 198 g/mol. The smallest absolute Gasteiger partial charge is 0.220 e. The summed E-state index contributed by atoms with van der Waals surface area (Å²) in [6.07, 6.45) is 2.84. The van der Waals surface area contributed by atoms with Crippen molar-refractivity contribution in [1.82, 2.24) is 0 Å². The quantitative estimate of drug-likeness (QED) is 0.559. The molecule has 2 heteroatoms. The Hall–Kier alpha value is -1.31. The molecule has 1 aliphatic rings. The Morgan fingerprint density at radius 1 is 1.12 bits per heavy atom. The monoisotopic (exact) mass is 217 g/mol. The summed E-state index contributed by atoms with van der Waals surface area (Å²) in [7, 11) is 0. The van der Waals surface area contributed by atoms with Crippen molar-refractivity contribution in [3.63, 3.8) is 0 Å². The molecular formula is C14H19NO. The lowest BCUT2D eigenvalue weighted by Gasteiger charge is -2.25. The third-order valence-corrected chi connectivity index (χ3v) is 3.98. The summed E-state index contributed by atoms with van der Waals surface area (Å²) in [5, 5.41) is 12.2. The van der Waals surface area contributed by atoms with Gasteiger partial charge in [-0.1, -0.05) is 39.0 Å². The van der Waals surface area contributed by atoms with Crippen LogP contribution in [0.4, 0.5) is 5.69 Å². The Bertz CT molecular complexity index is 430. The SMILES string of the molecule is CCC1=[N+]([O-])c2ccccc2C1(CC)CC. The molecule has 0 saturated carbocycles. The molecule has 0 radical (unpaired) electrons. The van der Waals surface area contributed by atoms with Crippen LogP contribution in [-0.2, 0) is 5.41 Å². The van der Waals surface area contributed by atoms with Crippen LogP contribution in [0, 0.1) is 5.21 Å². The number of rotatable bonds is 3. The molecule has 1 heterocycles. The van der Waals surface area contributed by atoms with Gasteiger partial charge in [0.25, 0.3) is 0 Å². The molecule has 1 aromatic carbocycles. The maximum Gasteiger partial charge on any atom is 0.220 e. The Kier molecular flexibility index (Phi) is 2.75. The Morgan fingerprint density at radius 2 is 1.75 bits per heavy atom. The minimum Gasteiger partial charge on any atom is -0.618 e. The van der Waals surface area contributed by atoms with Gasteiger partial charge in [-0.25, -0.2) is 0 Å². The van der Waals surface area contributed by atoms with Crippen LogP contribution < -0.4 is 0 Å². The van der Waals surface area contributed by atoms with Crippen LogP contribution in [0.3, 0.4) is 0 Å². The van der Waals surface area contributed by atoms with Gasteiger partial charge in [0.2, 0.25) is 5.69 Å². The van der Waals surface area contributed by atoms with Crippen LogP contribution in [0.2, 0.25) is 0 Å². The standard InChI is InChI=1S/C14H19NO/c1-4-13-14(5-2,6-3)11-9-7-8-10-12(11)15(13)16/h7-10H,4-6H2,1-3H3. The molecule has 0 spiro atoms. The van der Waals surface area contributed by atoms with Gasteiger partial charge in [-0.05, 0) is 12.8 Å². The molecule has 0 saturated heterocycles. The molecule has 0 atom stereocenters. The molecule has 0 aromatic heterocycles. The fourth-order valence-corrected chi connectivity index (χ4v) is 3.07. The van der Waals surface area contributed by atoms with Gasteiger partial charge in [0.15, 0.2) is 5.71 Å². The second-order valence-electron chi connectivity index (χ2n) is 4.40. The average molecular weight is 217 g/mol. The van der Waals surface area contributed by atoms with Crippen LogP contribution >= 0.6 is 0 Å². The van der Waals surface area contributed by atoms with Crippen molar-refractivity contribution >= 4 is 11.4 Å². The first kappa shape index (κ1) is 11.2. The highest BCUT2D eigenvalue weighted by molar-refractivity contribution is 5.95. The van der Waals surface area contributed by atoms with Crippen molar-refractivity contribution in [3.8, 4) is 0 Å². The van der Waals surface area contributed by atoms with Gasteiger partial charge in [0.05, 0.1) is 5.41 Å². The number of fused-ring (bicyclic) bond motifs is 1. The van der Waals surface area contributed by atoms with E-state index in [1.54, 1.807) is 0 Å². The molecule has 0 amide bonds. The zero-order valence-corrected chi connectivity index (χ0v) is 10.3. The van der Waals surface area contributed by atoms with Crippen molar-refractivity contribution in [2.24, 2.45) is 0 Å². The number of hydrogen-bond donors (Lipinski definition) is 0. The lowest BCUT2D eigenvalue weighted by molar-refractivity contribution is -0.359. The summed E-state index contributed by atoms with van der Waals surface area (Å²) in [5.41, 5.74) is 3.07. The van der Waals surface area contributed by atoms with Gasteiger partial charge in [-0.15, -0.1) is 0 Å². The Balaban J connectivity index is 2.69. The van der Waals surface area contributed by atoms with Crippen LogP contribution in [0.15, 0.2) is 24.3 Å². The van der Waals surface area contributed by atoms with E-state index in [1.165, 1.54) is 5.56 Å². The highest BCUT2D eigenvalue weighted by Crippen LogP contribution is 2.44.